The Hall–Kier alpha value is -5.04. The van der Waals surface area contributed by atoms with Gasteiger partial charge in [-0.1, -0.05) is 66.7 Å². The minimum absolute atomic E-state index is 0.0755. The molecule has 1 atom stereocenters. The van der Waals surface area contributed by atoms with Crippen molar-refractivity contribution in [3.63, 3.8) is 0 Å². The molecule has 206 valence electrons. The molecule has 3 N–H and O–H groups in total. The molecule has 1 aromatic heterocycles. The van der Waals surface area contributed by atoms with E-state index in [9.17, 15) is 14.7 Å². The SMILES string of the molecule is CCOc1ccc(-c2[nH]c3ccccc3c2CC(NC(=O)OCC2c3ccccc3-c3ccccc32)C(=O)O)cc1. The second-order valence-electron chi connectivity index (χ2n) is 10.0. The van der Waals surface area contributed by atoms with Crippen molar-refractivity contribution in [2.45, 2.75) is 25.3 Å². The van der Waals surface area contributed by atoms with Crippen molar-refractivity contribution in [3.8, 4) is 28.1 Å². The van der Waals surface area contributed by atoms with Gasteiger partial charge in [0.15, 0.2) is 0 Å². The Balaban J connectivity index is 1.22. The van der Waals surface area contributed by atoms with Crippen LogP contribution in [-0.2, 0) is 16.0 Å². The van der Waals surface area contributed by atoms with Crippen LogP contribution in [0.25, 0.3) is 33.3 Å². The first kappa shape index (κ1) is 26.2. The van der Waals surface area contributed by atoms with E-state index in [-0.39, 0.29) is 18.9 Å². The van der Waals surface area contributed by atoms with E-state index in [1.165, 1.54) is 0 Å². The topological polar surface area (TPSA) is 101 Å². The number of alkyl carbamates (subject to hydrolysis) is 1. The average Bonchev–Trinajstić information content (AvgIpc) is 3.52. The highest BCUT2D eigenvalue weighted by atomic mass is 16.5. The number of aromatic nitrogens is 1. The van der Waals surface area contributed by atoms with Gasteiger partial charge in [0, 0.05) is 28.9 Å². The van der Waals surface area contributed by atoms with Crippen LogP contribution in [0.1, 0.15) is 29.5 Å². The van der Waals surface area contributed by atoms with Crippen LogP contribution in [-0.4, -0.2) is 41.4 Å². The molecule has 1 aliphatic carbocycles. The Morgan fingerprint density at radius 3 is 2.17 bits per heavy atom. The number of rotatable bonds is 9. The molecule has 1 amide bonds. The smallest absolute Gasteiger partial charge is 0.407 e. The molecule has 41 heavy (non-hydrogen) atoms. The summed E-state index contributed by atoms with van der Waals surface area (Å²) in [7, 11) is 0. The van der Waals surface area contributed by atoms with E-state index >= 15 is 0 Å². The maximum absolute atomic E-state index is 13.0. The lowest BCUT2D eigenvalue weighted by Crippen LogP contribution is -2.43. The number of ether oxygens (including phenoxy) is 2. The third-order valence-corrected chi connectivity index (χ3v) is 7.61. The van der Waals surface area contributed by atoms with E-state index in [0.717, 1.165) is 55.7 Å². The van der Waals surface area contributed by atoms with Crippen molar-refractivity contribution < 1.29 is 24.2 Å². The summed E-state index contributed by atoms with van der Waals surface area (Å²) in [6.45, 7) is 2.61. The fraction of sp³-hybridized carbons (Fsp3) is 0.176. The number of benzene rings is 4. The summed E-state index contributed by atoms with van der Waals surface area (Å²) in [6, 6.07) is 30.4. The van der Waals surface area contributed by atoms with Crippen LogP contribution in [0, 0.1) is 0 Å². The molecule has 5 aromatic rings. The lowest BCUT2D eigenvalue weighted by Gasteiger charge is -2.18. The first-order valence-corrected chi connectivity index (χ1v) is 13.7. The van der Waals surface area contributed by atoms with Crippen molar-refractivity contribution in [2.24, 2.45) is 0 Å². The maximum atomic E-state index is 13.0. The summed E-state index contributed by atoms with van der Waals surface area (Å²) < 4.78 is 11.2. The summed E-state index contributed by atoms with van der Waals surface area (Å²) in [5, 5.41) is 13.6. The number of carboxylic acids is 1. The molecule has 0 saturated heterocycles. The highest BCUT2D eigenvalue weighted by Gasteiger charge is 2.30. The van der Waals surface area contributed by atoms with E-state index in [1.54, 1.807) is 0 Å². The standard InChI is InChI=1S/C34H30N2O5/c1-2-40-22-17-15-21(16-18-22)32-28(27-13-7-8-14-30(27)35-32)19-31(33(37)38)36-34(39)41-20-29-25-11-5-3-9-23(25)24-10-4-6-12-26(24)29/h3-18,29,31,35H,2,19-20H2,1H3,(H,36,39)(H,37,38). The molecule has 1 aliphatic rings. The molecule has 0 radical (unpaired) electrons. The summed E-state index contributed by atoms with van der Waals surface area (Å²) in [6.07, 6.45) is -0.687. The first-order chi connectivity index (χ1) is 20.0. The van der Waals surface area contributed by atoms with Gasteiger partial charge in [0.2, 0.25) is 0 Å². The molecule has 0 aliphatic heterocycles. The Morgan fingerprint density at radius 2 is 1.51 bits per heavy atom. The number of para-hydroxylation sites is 1. The zero-order valence-electron chi connectivity index (χ0n) is 22.6. The van der Waals surface area contributed by atoms with Gasteiger partial charge < -0.3 is 24.9 Å². The molecule has 0 spiro atoms. The molecule has 0 bridgehead atoms. The third kappa shape index (κ3) is 5.14. The monoisotopic (exact) mass is 546 g/mol. The lowest BCUT2D eigenvalue weighted by molar-refractivity contribution is -0.139. The van der Waals surface area contributed by atoms with Crippen LogP contribution in [0.15, 0.2) is 97.1 Å². The Bertz CT molecular complexity index is 1680. The molecular weight excluding hydrogens is 516 g/mol. The zero-order valence-corrected chi connectivity index (χ0v) is 22.6. The van der Waals surface area contributed by atoms with Crippen LogP contribution >= 0.6 is 0 Å². The number of carbonyl (C=O) groups excluding carboxylic acids is 1. The number of hydrogen-bond donors (Lipinski definition) is 3. The lowest BCUT2D eigenvalue weighted by atomic mass is 9.98. The van der Waals surface area contributed by atoms with E-state index < -0.39 is 18.1 Å². The van der Waals surface area contributed by atoms with Gasteiger partial charge in [0.25, 0.3) is 0 Å². The quantitative estimate of drug-likeness (QED) is 0.189. The molecular formula is C34H30N2O5. The van der Waals surface area contributed by atoms with Crippen molar-refractivity contribution >= 4 is 23.0 Å². The Labute approximate surface area is 237 Å². The van der Waals surface area contributed by atoms with E-state index in [4.69, 9.17) is 9.47 Å². The normalized spacial score (nSPS) is 12.9. The van der Waals surface area contributed by atoms with Gasteiger partial charge in [-0.05, 0) is 70.6 Å². The largest absolute Gasteiger partial charge is 0.494 e. The molecule has 7 heteroatoms. The first-order valence-electron chi connectivity index (χ1n) is 13.7. The van der Waals surface area contributed by atoms with Gasteiger partial charge in [-0.2, -0.15) is 0 Å². The van der Waals surface area contributed by atoms with Crippen molar-refractivity contribution in [2.75, 3.05) is 13.2 Å². The van der Waals surface area contributed by atoms with Crippen molar-refractivity contribution in [3.05, 3.63) is 114 Å². The highest BCUT2D eigenvalue weighted by Crippen LogP contribution is 2.44. The number of amides is 1. The van der Waals surface area contributed by atoms with Crippen LogP contribution in [0.4, 0.5) is 4.79 Å². The minimum atomic E-state index is -1.19. The van der Waals surface area contributed by atoms with Crippen LogP contribution in [0.2, 0.25) is 0 Å². The van der Waals surface area contributed by atoms with Crippen molar-refractivity contribution in [1.82, 2.24) is 10.3 Å². The summed E-state index contributed by atoms with van der Waals surface area (Å²) in [5.41, 5.74) is 7.82. The Kier molecular flexibility index (Phi) is 7.17. The minimum Gasteiger partial charge on any atom is -0.494 e. The number of fused-ring (bicyclic) bond motifs is 4. The number of aliphatic carboxylic acids is 1. The second kappa shape index (κ2) is 11.2. The zero-order chi connectivity index (χ0) is 28.3. The van der Waals surface area contributed by atoms with Gasteiger partial charge in [-0.3, -0.25) is 0 Å². The predicted molar refractivity (Wildman–Crippen MR) is 158 cm³/mol. The molecule has 7 nitrogen and oxygen atoms in total. The summed E-state index contributed by atoms with van der Waals surface area (Å²) in [4.78, 5) is 28.8. The van der Waals surface area contributed by atoms with Gasteiger partial charge in [-0.25, -0.2) is 9.59 Å². The molecule has 1 heterocycles. The number of carbonyl (C=O) groups is 2. The van der Waals surface area contributed by atoms with E-state index in [1.807, 2.05) is 91.9 Å². The predicted octanol–water partition coefficient (Wildman–Crippen LogP) is 6.77. The van der Waals surface area contributed by atoms with Crippen LogP contribution in [0.5, 0.6) is 5.75 Å². The number of H-pyrrole nitrogens is 1. The second-order valence-corrected chi connectivity index (χ2v) is 10.0. The average molecular weight is 547 g/mol. The summed E-state index contributed by atoms with van der Waals surface area (Å²) >= 11 is 0. The third-order valence-electron chi connectivity index (χ3n) is 7.61. The van der Waals surface area contributed by atoms with Crippen molar-refractivity contribution in [1.29, 1.82) is 0 Å². The van der Waals surface area contributed by atoms with Gasteiger partial charge in [0.05, 0.1) is 6.61 Å². The van der Waals surface area contributed by atoms with E-state index in [2.05, 4.69) is 22.4 Å². The molecule has 1 unspecified atom stereocenters. The maximum Gasteiger partial charge on any atom is 0.407 e. The fourth-order valence-electron chi connectivity index (χ4n) is 5.73. The van der Waals surface area contributed by atoms with Crippen LogP contribution < -0.4 is 10.1 Å². The number of hydrogen-bond acceptors (Lipinski definition) is 4. The molecule has 6 rings (SSSR count). The van der Waals surface area contributed by atoms with Crippen LogP contribution in [0.3, 0.4) is 0 Å². The highest BCUT2D eigenvalue weighted by molar-refractivity contribution is 5.92. The summed E-state index contributed by atoms with van der Waals surface area (Å²) in [5.74, 6) is -0.494. The van der Waals surface area contributed by atoms with Gasteiger partial charge in [0.1, 0.15) is 18.4 Å². The molecule has 0 fully saturated rings. The number of carboxylic acid groups (broad SMARTS) is 1. The van der Waals surface area contributed by atoms with Gasteiger partial charge >= 0.3 is 12.1 Å². The van der Waals surface area contributed by atoms with Gasteiger partial charge in [-0.15, -0.1) is 0 Å². The number of aromatic amines is 1. The fourth-order valence-corrected chi connectivity index (χ4v) is 5.73. The number of nitrogens with one attached hydrogen (secondary N) is 2. The Morgan fingerprint density at radius 1 is 0.878 bits per heavy atom. The molecule has 0 saturated carbocycles. The van der Waals surface area contributed by atoms with E-state index in [0.29, 0.717) is 6.61 Å². The molecule has 4 aromatic carbocycles.